The van der Waals surface area contributed by atoms with Crippen LogP contribution in [-0.2, 0) is 20.9 Å². The van der Waals surface area contributed by atoms with Crippen LogP contribution in [0.25, 0.3) is 0 Å². The van der Waals surface area contributed by atoms with E-state index in [4.69, 9.17) is 9.47 Å². The summed E-state index contributed by atoms with van der Waals surface area (Å²) in [6, 6.07) is 1.93. The summed E-state index contributed by atoms with van der Waals surface area (Å²) >= 11 is 0. The van der Waals surface area contributed by atoms with Crippen LogP contribution >= 0.6 is 0 Å². The van der Waals surface area contributed by atoms with E-state index in [9.17, 15) is 4.79 Å². The van der Waals surface area contributed by atoms with Gasteiger partial charge in [-0.15, -0.1) is 0 Å². The van der Waals surface area contributed by atoms with E-state index in [0.29, 0.717) is 26.4 Å². The summed E-state index contributed by atoms with van der Waals surface area (Å²) < 4.78 is 10.5. The number of anilines is 1. The van der Waals surface area contributed by atoms with Crippen LogP contribution in [0.4, 0.5) is 5.82 Å². The fourth-order valence-corrected chi connectivity index (χ4v) is 2.48. The average molecular weight is 293 g/mol. The highest BCUT2D eigenvalue weighted by molar-refractivity contribution is 5.73. The summed E-state index contributed by atoms with van der Waals surface area (Å²) in [5, 5.41) is 0. The van der Waals surface area contributed by atoms with E-state index in [2.05, 4.69) is 14.9 Å². The molecule has 2 rings (SSSR count). The molecule has 0 aliphatic carbocycles. The Labute approximate surface area is 125 Å². The number of hydrogen-bond acceptors (Lipinski definition) is 6. The molecule has 1 atom stereocenters. The van der Waals surface area contributed by atoms with Crippen molar-refractivity contribution in [2.24, 2.45) is 5.92 Å². The van der Waals surface area contributed by atoms with Crippen LogP contribution in [-0.4, -0.2) is 42.2 Å². The number of nitrogens with zero attached hydrogens (tertiary/aromatic N) is 3. The van der Waals surface area contributed by atoms with Gasteiger partial charge in [-0.05, 0) is 26.7 Å². The number of esters is 1. The highest BCUT2D eigenvalue weighted by Gasteiger charge is 2.27. The Balaban J connectivity index is 2.01. The Morgan fingerprint density at radius 3 is 3.00 bits per heavy atom. The van der Waals surface area contributed by atoms with Gasteiger partial charge in [-0.2, -0.15) is 0 Å². The summed E-state index contributed by atoms with van der Waals surface area (Å²) in [6.45, 7) is 6.93. The van der Waals surface area contributed by atoms with Gasteiger partial charge in [-0.3, -0.25) is 4.79 Å². The first-order chi connectivity index (χ1) is 10.2. The normalized spacial score (nSPS) is 18.6. The number of carbonyl (C=O) groups excluding carboxylic acids is 1. The van der Waals surface area contributed by atoms with E-state index in [0.717, 1.165) is 30.9 Å². The molecule has 1 unspecified atom stereocenters. The molecule has 1 fully saturated rings. The molecular weight excluding hydrogens is 270 g/mol. The van der Waals surface area contributed by atoms with Crippen molar-refractivity contribution >= 4 is 11.8 Å². The summed E-state index contributed by atoms with van der Waals surface area (Å²) in [4.78, 5) is 22.5. The van der Waals surface area contributed by atoms with E-state index < -0.39 is 0 Å². The monoisotopic (exact) mass is 293 g/mol. The molecule has 1 saturated heterocycles. The molecule has 1 aliphatic heterocycles. The Kier molecular flexibility index (Phi) is 5.92. The van der Waals surface area contributed by atoms with Gasteiger partial charge in [0.05, 0.1) is 24.8 Å². The molecule has 1 aromatic heterocycles. The first kappa shape index (κ1) is 15.7. The molecule has 21 heavy (non-hydrogen) atoms. The Morgan fingerprint density at radius 1 is 1.38 bits per heavy atom. The van der Waals surface area contributed by atoms with Crippen molar-refractivity contribution in [2.45, 2.75) is 33.3 Å². The largest absolute Gasteiger partial charge is 0.466 e. The minimum atomic E-state index is -0.106. The van der Waals surface area contributed by atoms with Crippen molar-refractivity contribution in [1.29, 1.82) is 0 Å². The van der Waals surface area contributed by atoms with E-state index >= 15 is 0 Å². The minimum Gasteiger partial charge on any atom is -0.466 e. The second-order valence-corrected chi connectivity index (χ2v) is 5.04. The van der Waals surface area contributed by atoms with Crippen molar-refractivity contribution in [1.82, 2.24) is 9.97 Å². The molecule has 0 aromatic carbocycles. The number of ether oxygens (including phenoxy) is 2. The molecule has 1 aliphatic rings. The minimum absolute atomic E-state index is 0.0657. The highest BCUT2D eigenvalue weighted by atomic mass is 16.5. The topological polar surface area (TPSA) is 64.5 Å². The first-order valence-electron chi connectivity index (χ1n) is 7.54. The predicted octanol–water partition coefficient (Wildman–Crippen LogP) is 1.79. The molecule has 6 nitrogen and oxygen atoms in total. The van der Waals surface area contributed by atoms with Crippen LogP contribution in [0.5, 0.6) is 0 Å². The van der Waals surface area contributed by atoms with Crippen LogP contribution in [0, 0.1) is 5.92 Å². The fraction of sp³-hybridized carbons (Fsp3) is 0.667. The Morgan fingerprint density at radius 2 is 2.24 bits per heavy atom. The zero-order valence-corrected chi connectivity index (χ0v) is 12.7. The van der Waals surface area contributed by atoms with E-state index in [1.807, 2.05) is 19.9 Å². The van der Waals surface area contributed by atoms with E-state index in [1.54, 1.807) is 6.33 Å². The van der Waals surface area contributed by atoms with Gasteiger partial charge in [0.1, 0.15) is 12.1 Å². The van der Waals surface area contributed by atoms with Crippen LogP contribution in [0.2, 0.25) is 0 Å². The van der Waals surface area contributed by atoms with Gasteiger partial charge in [0.2, 0.25) is 0 Å². The summed E-state index contributed by atoms with van der Waals surface area (Å²) in [5.74, 6) is 0.684. The lowest BCUT2D eigenvalue weighted by Crippen LogP contribution is -2.39. The fourth-order valence-electron chi connectivity index (χ4n) is 2.48. The van der Waals surface area contributed by atoms with Crippen molar-refractivity contribution in [2.75, 3.05) is 31.2 Å². The van der Waals surface area contributed by atoms with Gasteiger partial charge < -0.3 is 14.4 Å². The van der Waals surface area contributed by atoms with Crippen molar-refractivity contribution in [3.05, 3.63) is 18.1 Å². The lowest BCUT2D eigenvalue weighted by Gasteiger charge is -2.32. The van der Waals surface area contributed by atoms with Crippen molar-refractivity contribution < 1.29 is 14.3 Å². The molecule has 0 bridgehead atoms. The number of piperidine rings is 1. The third kappa shape index (κ3) is 4.39. The zero-order valence-electron chi connectivity index (χ0n) is 12.7. The van der Waals surface area contributed by atoms with Crippen LogP contribution in [0.15, 0.2) is 12.4 Å². The molecule has 6 heteroatoms. The molecular formula is C15H23N3O3. The molecule has 0 N–H and O–H groups in total. The Bertz CT molecular complexity index is 467. The van der Waals surface area contributed by atoms with Crippen molar-refractivity contribution in [3.63, 3.8) is 0 Å². The number of hydrogen-bond donors (Lipinski definition) is 0. The predicted molar refractivity (Wildman–Crippen MR) is 78.9 cm³/mol. The van der Waals surface area contributed by atoms with Crippen molar-refractivity contribution in [3.8, 4) is 0 Å². The molecule has 1 aromatic rings. The smallest absolute Gasteiger partial charge is 0.310 e. The lowest BCUT2D eigenvalue weighted by atomic mass is 9.98. The quantitative estimate of drug-likeness (QED) is 0.745. The van der Waals surface area contributed by atoms with Crippen LogP contribution in [0.3, 0.4) is 0 Å². The third-order valence-electron chi connectivity index (χ3n) is 3.53. The maximum Gasteiger partial charge on any atom is 0.310 e. The standard InChI is InChI=1S/C15H23N3O3/c1-3-20-10-13-8-14(17-11-16-13)18-7-5-6-12(9-18)15(19)21-4-2/h8,11-12H,3-7,9-10H2,1-2H3. The van der Waals surface area contributed by atoms with Gasteiger partial charge in [-0.25, -0.2) is 9.97 Å². The van der Waals surface area contributed by atoms with Gasteiger partial charge in [0.25, 0.3) is 0 Å². The number of rotatable bonds is 6. The first-order valence-corrected chi connectivity index (χ1v) is 7.54. The SMILES string of the molecule is CCOCc1cc(N2CCCC(C(=O)OCC)C2)ncn1. The second-order valence-electron chi connectivity index (χ2n) is 5.04. The van der Waals surface area contributed by atoms with E-state index in [-0.39, 0.29) is 11.9 Å². The summed E-state index contributed by atoms with van der Waals surface area (Å²) in [6.07, 6.45) is 3.40. The molecule has 0 spiro atoms. The lowest BCUT2D eigenvalue weighted by molar-refractivity contribution is -0.148. The van der Waals surface area contributed by atoms with Gasteiger partial charge in [-0.1, -0.05) is 0 Å². The van der Waals surface area contributed by atoms with E-state index in [1.165, 1.54) is 0 Å². The van der Waals surface area contributed by atoms with Crippen LogP contribution in [0.1, 0.15) is 32.4 Å². The molecule has 0 saturated carbocycles. The maximum atomic E-state index is 11.9. The van der Waals surface area contributed by atoms with Gasteiger partial charge >= 0.3 is 5.97 Å². The third-order valence-corrected chi connectivity index (χ3v) is 3.53. The maximum absolute atomic E-state index is 11.9. The zero-order chi connectivity index (χ0) is 15.1. The Hall–Kier alpha value is -1.69. The van der Waals surface area contributed by atoms with Crippen LogP contribution < -0.4 is 4.90 Å². The second kappa shape index (κ2) is 7.93. The highest BCUT2D eigenvalue weighted by Crippen LogP contribution is 2.22. The molecule has 0 radical (unpaired) electrons. The molecule has 0 amide bonds. The molecule has 2 heterocycles. The summed E-state index contributed by atoms with van der Waals surface area (Å²) in [5.41, 5.74) is 0.861. The van der Waals surface area contributed by atoms with Gasteiger partial charge in [0.15, 0.2) is 0 Å². The average Bonchev–Trinajstić information content (AvgIpc) is 2.53. The summed E-state index contributed by atoms with van der Waals surface area (Å²) in [7, 11) is 0. The number of carbonyl (C=O) groups is 1. The molecule has 116 valence electrons. The number of aromatic nitrogens is 2. The van der Waals surface area contributed by atoms with Gasteiger partial charge in [0, 0.05) is 25.8 Å².